The molecule has 5 heteroatoms. The summed E-state index contributed by atoms with van der Waals surface area (Å²) < 4.78 is 23.8. The van der Waals surface area contributed by atoms with Crippen molar-refractivity contribution in [1.29, 1.82) is 0 Å². The summed E-state index contributed by atoms with van der Waals surface area (Å²) in [6, 6.07) is -0.168. The lowest BCUT2D eigenvalue weighted by atomic mass is 10.2. The van der Waals surface area contributed by atoms with Crippen LogP contribution in [-0.2, 0) is 0 Å². The fraction of sp³-hybridized carbons (Fsp3) is 1.00. The summed E-state index contributed by atoms with van der Waals surface area (Å²) in [5, 5.41) is 12.3. The zero-order valence-corrected chi connectivity index (χ0v) is 7.00. The second-order valence-corrected chi connectivity index (χ2v) is 3.12. The van der Waals surface area contributed by atoms with Crippen molar-refractivity contribution in [3.63, 3.8) is 0 Å². The van der Waals surface area contributed by atoms with Crippen molar-refractivity contribution >= 4 is 0 Å². The van der Waals surface area contributed by atoms with Crippen LogP contribution in [-0.4, -0.2) is 55.3 Å². The number of rotatable bonds is 3. The van der Waals surface area contributed by atoms with Gasteiger partial charge in [0.15, 0.2) is 0 Å². The number of β-amino-alcohol motifs (C(OH)–C–C–N with tert-alkyl or cyclic N) is 1. The van der Waals surface area contributed by atoms with Crippen molar-refractivity contribution in [2.75, 3.05) is 26.7 Å². The molecule has 0 saturated carbocycles. The Morgan fingerprint density at radius 1 is 1.58 bits per heavy atom. The summed E-state index contributed by atoms with van der Waals surface area (Å²) in [5.74, 6) is 0. The number of aliphatic hydroxyl groups excluding tert-OH is 1. The molecule has 1 saturated heterocycles. The van der Waals surface area contributed by atoms with Crippen molar-refractivity contribution in [1.82, 2.24) is 10.2 Å². The minimum Gasteiger partial charge on any atom is -0.390 e. The van der Waals surface area contributed by atoms with E-state index in [0.717, 1.165) is 0 Å². The predicted octanol–water partition coefficient (Wildman–Crippen LogP) is -0.484. The molecule has 0 aliphatic carbocycles. The number of hydrogen-bond donors (Lipinski definition) is 2. The molecule has 12 heavy (non-hydrogen) atoms. The van der Waals surface area contributed by atoms with Gasteiger partial charge in [0.05, 0.1) is 12.6 Å². The molecule has 1 heterocycles. The van der Waals surface area contributed by atoms with Crippen molar-refractivity contribution < 1.29 is 13.9 Å². The standard InChI is InChI=1S/C7H14F2N2O/c1-11(4-7(8)9)5-2-10-3-6(5)12/h5-7,10,12H,2-4H2,1H3. The van der Waals surface area contributed by atoms with E-state index >= 15 is 0 Å². The highest BCUT2D eigenvalue weighted by Crippen LogP contribution is 2.08. The number of alkyl halides is 2. The van der Waals surface area contributed by atoms with E-state index in [-0.39, 0.29) is 12.6 Å². The van der Waals surface area contributed by atoms with E-state index in [4.69, 9.17) is 0 Å². The highest BCUT2D eigenvalue weighted by molar-refractivity contribution is 4.87. The largest absolute Gasteiger partial charge is 0.390 e. The summed E-state index contributed by atoms with van der Waals surface area (Å²) in [6.07, 6.45) is -2.85. The number of likely N-dealkylation sites (N-methyl/N-ethyl adjacent to an activating group) is 1. The van der Waals surface area contributed by atoms with Crippen LogP contribution >= 0.6 is 0 Å². The molecule has 0 radical (unpaired) electrons. The van der Waals surface area contributed by atoms with Gasteiger partial charge in [-0.05, 0) is 7.05 Å². The van der Waals surface area contributed by atoms with Gasteiger partial charge >= 0.3 is 0 Å². The summed E-state index contributed by atoms with van der Waals surface area (Å²) in [4.78, 5) is 1.50. The van der Waals surface area contributed by atoms with E-state index in [1.165, 1.54) is 4.90 Å². The Hall–Kier alpha value is -0.260. The maximum Gasteiger partial charge on any atom is 0.251 e. The molecule has 2 atom stereocenters. The number of nitrogens with one attached hydrogen (secondary N) is 1. The smallest absolute Gasteiger partial charge is 0.251 e. The molecule has 1 rings (SSSR count). The summed E-state index contributed by atoms with van der Waals surface area (Å²) >= 11 is 0. The number of hydrogen-bond acceptors (Lipinski definition) is 3. The molecule has 1 fully saturated rings. The fourth-order valence-electron chi connectivity index (χ4n) is 1.45. The molecule has 0 aromatic carbocycles. The Labute approximate surface area is 70.4 Å². The van der Waals surface area contributed by atoms with Crippen LogP contribution in [0.15, 0.2) is 0 Å². The first kappa shape index (κ1) is 9.83. The topological polar surface area (TPSA) is 35.5 Å². The molecule has 0 aromatic heterocycles. The molecule has 0 bridgehead atoms. The monoisotopic (exact) mass is 180 g/mol. The fourth-order valence-corrected chi connectivity index (χ4v) is 1.45. The lowest BCUT2D eigenvalue weighted by Gasteiger charge is -2.25. The average Bonchev–Trinajstić information content (AvgIpc) is 2.33. The summed E-state index contributed by atoms with van der Waals surface area (Å²) in [7, 11) is 1.60. The van der Waals surface area contributed by atoms with Crippen molar-refractivity contribution in [2.24, 2.45) is 0 Å². The zero-order chi connectivity index (χ0) is 9.14. The van der Waals surface area contributed by atoms with Gasteiger partial charge in [0.2, 0.25) is 0 Å². The van der Waals surface area contributed by atoms with Gasteiger partial charge in [-0.2, -0.15) is 0 Å². The Bertz CT molecular complexity index is 145. The van der Waals surface area contributed by atoms with E-state index in [2.05, 4.69) is 5.32 Å². The van der Waals surface area contributed by atoms with E-state index in [1.807, 2.05) is 0 Å². The molecule has 0 aromatic rings. The third-order valence-corrected chi connectivity index (χ3v) is 2.14. The lowest BCUT2D eigenvalue weighted by molar-refractivity contribution is 0.0465. The van der Waals surface area contributed by atoms with E-state index in [9.17, 15) is 13.9 Å². The van der Waals surface area contributed by atoms with Crippen LogP contribution < -0.4 is 5.32 Å². The zero-order valence-electron chi connectivity index (χ0n) is 7.00. The van der Waals surface area contributed by atoms with Gasteiger partial charge in [0.1, 0.15) is 0 Å². The van der Waals surface area contributed by atoms with Crippen LogP contribution in [0.4, 0.5) is 8.78 Å². The average molecular weight is 180 g/mol. The van der Waals surface area contributed by atoms with Gasteiger partial charge in [0.25, 0.3) is 6.43 Å². The van der Waals surface area contributed by atoms with E-state index < -0.39 is 12.5 Å². The lowest BCUT2D eigenvalue weighted by Crippen LogP contribution is -2.42. The first-order valence-electron chi connectivity index (χ1n) is 3.98. The molecule has 0 spiro atoms. The molecule has 0 amide bonds. The van der Waals surface area contributed by atoms with Gasteiger partial charge in [0, 0.05) is 19.1 Å². The SMILES string of the molecule is CN(CC(F)F)C1CNCC1O. The third-order valence-electron chi connectivity index (χ3n) is 2.14. The van der Waals surface area contributed by atoms with Gasteiger partial charge in [-0.3, -0.25) is 4.90 Å². The molecule has 2 N–H and O–H groups in total. The van der Waals surface area contributed by atoms with Crippen molar-refractivity contribution in [3.8, 4) is 0 Å². The Morgan fingerprint density at radius 3 is 2.67 bits per heavy atom. The van der Waals surface area contributed by atoms with E-state index in [1.54, 1.807) is 7.05 Å². The molecular formula is C7H14F2N2O. The Morgan fingerprint density at radius 2 is 2.25 bits per heavy atom. The maximum atomic E-state index is 11.9. The van der Waals surface area contributed by atoms with Gasteiger partial charge in [-0.25, -0.2) is 8.78 Å². The number of aliphatic hydroxyl groups is 1. The molecule has 72 valence electrons. The van der Waals surface area contributed by atoms with Crippen LogP contribution in [0.5, 0.6) is 0 Å². The van der Waals surface area contributed by atoms with Crippen LogP contribution in [0.1, 0.15) is 0 Å². The minimum atomic E-state index is -2.33. The normalized spacial score (nSPS) is 30.5. The first-order chi connectivity index (χ1) is 5.61. The number of halogens is 2. The highest BCUT2D eigenvalue weighted by atomic mass is 19.3. The quantitative estimate of drug-likeness (QED) is 0.615. The predicted molar refractivity (Wildman–Crippen MR) is 41.3 cm³/mol. The number of nitrogens with zero attached hydrogens (tertiary/aromatic N) is 1. The van der Waals surface area contributed by atoms with Crippen LogP contribution in [0.25, 0.3) is 0 Å². The Kier molecular flexibility index (Phi) is 3.37. The molecule has 3 nitrogen and oxygen atoms in total. The molecule has 1 aliphatic heterocycles. The third kappa shape index (κ3) is 2.36. The van der Waals surface area contributed by atoms with Crippen LogP contribution in [0, 0.1) is 0 Å². The van der Waals surface area contributed by atoms with Gasteiger partial charge in [-0.1, -0.05) is 0 Å². The second-order valence-electron chi connectivity index (χ2n) is 3.12. The minimum absolute atomic E-state index is 0.168. The summed E-state index contributed by atoms with van der Waals surface area (Å²) in [5.41, 5.74) is 0. The Balaban J connectivity index is 2.35. The summed E-state index contributed by atoms with van der Waals surface area (Å²) in [6.45, 7) is 0.812. The molecule has 1 aliphatic rings. The molecular weight excluding hydrogens is 166 g/mol. The maximum absolute atomic E-state index is 11.9. The van der Waals surface area contributed by atoms with Crippen molar-refractivity contribution in [2.45, 2.75) is 18.6 Å². The van der Waals surface area contributed by atoms with Crippen LogP contribution in [0.2, 0.25) is 0 Å². The first-order valence-corrected chi connectivity index (χ1v) is 3.98. The highest BCUT2D eigenvalue weighted by Gasteiger charge is 2.29. The molecule has 2 unspecified atom stereocenters. The van der Waals surface area contributed by atoms with Crippen molar-refractivity contribution in [3.05, 3.63) is 0 Å². The van der Waals surface area contributed by atoms with E-state index in [0.29, 0.717) is 13.1 Å². The van der Waals surface area contributed by atoms with Crippen LogP contribution in [0.3, 0.4) is 0 Å². The van der Waals surface area contributed by atoms with Gasteiger partial charge < -0.3 is 10.4 Å². The van der Waals surface area contributed by atoms with Gasteiger partial charge in [-0.15, -0.1) is 0 Å². The second kappa shape index (κ2) is 4.11.